The van der Waals surface area contributed by atoms with Crippen LogP contribution in [0.2, 0.25) is 0 Å². The van der Waals surface area contributed by atoms with Gasteiger partial charge >= 0.3 is 0 Å². The number of pyridine rings is 1. The van der Waals surface area contributed by atoms with Gasteiger partial charge in [0.1, 0.15) is 17.4 Å². The van der Waals surface area contributed by atoms with Crippen LogP contribution < -0.4 is 21.3 Å². The molecule has 0 aliphatic heterocycles. The number of rotatable bonds is 15. The molecule has 2 heterocycles. The zero-order valence-electron chi connectivity index (χ0n) is 25.4. The average Bonchev–Trinajstić information content (AvgIpc) is 2.99. The minimum absolute atomic E-state index is 0.268. The highest BCUT2D eigenvalue weighted by molar-refractivity contribution is 6.07. The van der Waals surface area contributed by atoms with E-state index >= 15 is 0 Å². The summed E-state index contributed by atoms with van der Waals surface area (Å²) >= 11 is 0. The van der Waals surface area contributed by atoms with Crippen molar-refractivity contribution in [3.63, 3.8) is 0 Å². The van der Waals surface area contributed by atoms with E-state index in [0.29, 0.717) is 48.3 Å². The first-order valence-electron chi connectivity index (χ1n) is 14.2. The quantitative estimate of drug-likeness (QED) is 0.196. The smallest absolute Gasteiger partial charge is 0.260 e. The lowest BCUT2D eigenvalue weighted by Crippen LogP contribution is -2.42. The molecule has 0 radical (unpaired) electrons. The summed E-state index contributed by atoms with van der Waals surface area (Å²) in [6.07, 6.45) is 9.83. The van der Waals surface area contributed by atoms with Crippen LogP contribution in [0.5, 0.6) is 0 Å². The number of benzene rings is 1. The molecule has 0 fully saturated rings. The number of amides is 3. The van der Waals surface area contributed by atoms with Crippen LogP contribution in [0.15, 0.2) is 67.1 Å². The van der Waals surface area contributed by atoms with Gasteiger partial charge in [0.05, 0.1) is 0 Å². The van der Waals surface area contributed by atoms with Crippen LogP contribution in [0.1, 0.15) is 36.2 Å². The van der Waals surface area contributed by atoms with Crippen molar-refractivity contribution < 1.29 is 14.4 Å². The first-order valence-corrected chi connectivity index (χ1v) is 14.2. The fourth-order valence-corrected chi connectivity index (χ4v) is 3.85. The van der Waals surface area contributed by atoms with E-state index in [9.17, 15) is 14.4 Å². The lowest BCUT2D eigenvalue weighted by molar-refractivity contribution is -0.132. The molecule has 1 atom stereocenters. The fourth-order valence-electron chi connectivity index (χ4n) is 3.85. The molecule has 43 heavy (non-hydrogen) atoms. The van der Waals surface area contributed by atoms with E-state index in [4.69, 9.17) is 0 Å². The predicted molar refractivity (Wildman–Crippen MR) is 170 cm³/mol. The number of nitrogens with one attached hydrogen (secondary N) is 4. The molecule has 3 rings (SSSR count). The van der Waals surface area contributed by atoms with Crippen LogP contribution in [-0.4, -0.2) is 89.3 Å². The van der Waals surface area contributed by atoms with E-state index in [1.165, 1.54) is 17.2 Å². The Hall–Kier alpha value is -4.84. The van der Waals surface area contributed by atoms with Crippen LogP contribution in [0, 0.1) is 0 Å². The minimum atomic E-state index is -0.712. The van der Waals surface area contributed by atoms with Gasteiger partial charge in [-0.15, -0.1) is 0 Å². The highest BCUT2D eigenvalue weighted by atomic mass is 16.2. The van der Waals surface area contributed by atoms with Crippen LogP contribution >= 0.6 is 0 Å². The Kier molecular flexibility index (Phi) is 12.6. The van der Waals surface area contributed by atoms with Crippen molar-refractivity contribution in [3.05, 3.63) is 78.3 Å². The highest BCUT2D eigenvalue weighted by Gasteiger charge is 2.21. The molecule has 228 valence electrons. The molecule has 3 amide bonds. The zero-order valence-corrected chi connectivity index (χ0v) is 25.4. The summed E-state index contributed by atoms with van der Waals surface area (Å²) in [4.78, 5) is 54.8. The molecule has 0 spiro atoms. The lowest BCUT2D eigenvalue weighted by Gasteiger charge is -2.23. The lowest BCUT2D eigenvalue weighted by atomic mass is 10.2. The molecule has 1 aromatic carbocycles. The Morgan fingerprint density at radius 1 is 0.977 bits per heavy atom. The van der Waals surface area contributed by atoms with Crippen molar-refractivity contribution in [1.82, 2.24) is 24.8 Å². The van der Waals surface area contributed by atoms with Gasteiger partial charge in [-0.2, -0.15) is 4.98 Å². The van der Waals surface area contributed by atoms with Gasteiger partial charge in [0, 0.05) is 62.7 Å². The van der Waals surface area contributed by atoms with E-state index in [-0.39, 0.29) is 11.8 Å². The topological polar surface area (TPSA) is 144 Å². The Morgan fingerprint density at radius 2 is 1.70 bits per heavy atom. The Morgan fingerprint density at radius 3 is 2.40 bits per heavy atom. The van der Waals surface area contributed by atoms with Crippen LogP contribution in [0.3, 0.4) is 0 Å². The standard InChI is InChI=1S/C31H41N9O3/c1-6-15-33-28-26(21-35-31(38-28)34-18-14-23-12-16-32-17-13-23)30(43)37-25-10-7-9-24(20-25)36-29(42)22(2)40(5)27(41)11-8-19-39(3)4/h7-13,16-17,20-22H,6,14-15,18-19H2,1-5H3,(H,36,42)(H,37,43)(H2,33,34,35,38). The molecular weight excluding hydrogens is 546 g/mol. The summed E-state index contributed by atoms with van der Waals surface area (Å²) in [5, 5.41) is 12.1. The predicted octanol–water partition coefficient (Wildman–Crippen LogP) is 3.50. The normalized spacial score (nSPS) is 11.7. The second-order valence-corrected chi connectivity index (χ2v) is 10.2. The molecule has 0 bridgehead atoms. The van der Waals surface area contributed by atoms with Gasteiger partial charge < -0.3 is 31.1 Å². The average molecular weight is 588 g/mol. The highest BCUT2D eigenvalue weighted by Crippen LogP contribution is 2.20. The SMILES string of the molecule is CCCNc1nc(NCCc2ccncc2)ncc1C(=O)Nc1cccc(NC(=O)C(C)N(C)C(=O)C=CCN(C)C)c1. The maximum Gasteiger partial charge on any atom is 0.260 e. The van der Waals surface area contributed by atoms with Crippen LogP contribution in [0.25, 0.3) is 0 Å². The third-order valence-electron chi connectivity index (χ3n) is 6.45. The Bertz CT molecular complexity index is 1400. The molecule has 0 saturated heterocycles. The van der Waals surface area contributed by atoms with Gasteiger partial charge in [-0.3, -0.25) is 19.4 Å². The maximum atomic E-state index is 13.2. The first-order chi connectivity index (χ1) is 20.7. The van der Waals surface area contributed by atoms with Crippen LogP contribution in [0.4, 0.5) is 23.1 Å². The number of hydrogen-bond acceptors (Lipinski definition) is 9. The summed E-state index contributed by atoms with van der Waals surface area (Å²) in [5.41, 5.74) is 2.39. The van der Waals surface area contributed by atoms with E-state index in [2.05, 4.69) is 36.2 Å². The van der Waals surface area contributed by atoms with Crippen molar-refractivity contribution in [3.8, 4) is 0 Å². The second kappa shape index (κ2) is 16.6. The number of nitrogens with zero attached hydrogens (tertiary/aromatic N) is 5. The third kappa shape index (κ3) is 10.5. The van der Waals surface area contributed by atoms with Gasteiger partial charge in [-0.1, -0.05) is 19.1 Å². The molecule has 12 heteroatoms. The molecule has 12 nitrogen and oxygen atoms in total. The van der Waals surface area contributed by atoms with Crippen molar-refractivity contribution in [2.24, 2.45) is 0 Å². The molecular formula is C31H41N9O3. The fraction of sp³-hybridized carbons (Fsp3) is 0.355. The Balaban J connectivity index is 1.63. The van der Waals surface area contributed by atoms with E-state index < -0.39 is 11.9 Å². The van der Waals surface area contributed by atoms with E-state index in [0.717, 1.165) is 18.4 Å². The maximum absolute atomic E-state index is 13.2. The number of likely N-dealkylation sites (N-methyl/N-ethyl adjacent to an activating group) is 2. The molecule has 2 aromatic heterocycles. The largest absolute Gasteiger partial charge is 0.369 e. The zero-order chi connectivity index (χ0) is 31.2. The molecule has 0 aliphatic carbocycles. The summed E-state index contributed by atoms with van der Waals surface area (Å²) in [7, 11) is 5.39. The number of anilines is 4. The van der Waals surface area contributed by atoms with Gasteiger partial charge in [0.15, 0.2) is 0 Å². The molecule has 4 N–H and O–H groups in total. The third-order valence-corrected chi connectivity index (χ3v) is 6.45. The summed E-state index contributed by atoms with van der Waals surface area (Å²) in [5.74, 6) is -0.179. The van der Waals surface area contributed by atoms with E-state index in [1.807, 2.05) is 38.1 Å². The molecule has 0 saturated carbocycles. The van der Waals surface area contributed by atoms with Crippen molar-refractivity contribution in [2.75, 3.05) is 62.0 Å². The van der Waals surface area contributed by atoms with Gasteiger partial charge in [0.25, 0.3) is 5.91 Å². The summed E-state index contributed by atoms with van der Waals surface area (Å²) in [6.45, 7) is 5.56. The van der Waals surface area contributed by atoms with Gasteiger partial charge in [-0.05, 0) is 69.8 Å². The first kappa shape index (κ1) is 32.7. The van der Waals surface area contributed by atoms with Crippen LogP contribution in [-0.2, 0) is 16.0 Å². The molecule has 3 aromatic rings. The van der Waals surface area contributed by atoms with Crippen molar-refractivity contribution in [1.29, 1.82) is 0 Å². The summed E-state index contributed by atoms with van der Waals surface area (Å²) in [6, 6.07) is 10.00. The van der Waals surface area contributed by atoms with Gasteiger partial charge in [-0.25, -0.2) is 4.98 Å². The number of carbonyl (C=O) groups excluding carboxylic acids is 3. The van der Waals surface area contributed by atoms with Crippen molar-refractivity contribution >= 4 is 40.9 Å². The minimum Gasteiger partial charge on any atom is -0.369 e. The summed E-state index contributed by atoms with van der Waals surface area (Å²) < 4.78 is 0. The number of hydrogen-bond donors (Lipinski definition) is 4. The molecule has 0 aliphatic rings. The van der Waals surface area contributed by atoms with E-state index in [1.54, 1.807) is 56.7 Å². The Labute approximate surface area is 253 Å². The van der Waals surface area contributed by atoms with Crippen molar-refractivity contribution in [2.45, 2.75) is 32.7 Å². The number of aromatic nitrogens is 3. The monoisotopic (exact) mass is 587 g/mol. The van der Waals surface area contributed by atoms with Gasteiger partial charge in [0.2, 0.25) is 17.8 Å². The molecule has 1 unspecified atom stereocenters. The number of carbonyl (C=O) groups is 3. The second-order valence-electron chi connectivity index (χ2n) is 10.2.